The fourth-order valence-corrected chi connectivity index (χ4v) is 5.19. The number of rotatable bonds is 5. The summed E-state index contributed by atoms with van der Waals surface area (Å²) in [6.45, 7) is 1.86. The molecule has 2 fully saturated rings. The Bertz CT molecular complexity index is 1390. The molecule has 0 aromatic carbocycles. The minimum Gasteiger partial charge on any atom is -0.318 e. The predicted octanol–water partition coefficient (Wildman–Crippen LogP) is 2.79. The van der Waals surface area contributed by atoms with E-state index in [1.807, 2.05) is 11.5 Å². The molecular formula is C21H19N7O2S. The van der Waals surface area contributed by atoms with Gasteiger partial charge in [-0.05, 0) is 45.1 Å². The zero-order valence-electron chi connectivity index (χ0n) is 16.8. The van der Waals surface area contributed by atoms with E-state index in [4.69, 9.17) is 0 Å². The van der Waals surface area contributed by atoms with Gasteiger partial charge in [0.1, 0.15) is 28.4 Å². The Kier molecular flexibility index (Phi) is 4.33. The lowest BCUT2D eigenvalue weighted by atomic mass is 9.92. The Hall–Kier alpha value is -3.34. The molecule has 2 saturated carbocycles. The number of hydrogen-bond acceptors (Lipinski definition) is 7. The molecule has 0 spiro atoms. The van der Waals surface area contributed by atoms with Gasteiger partial charge < -0.3 is 4.57 Å². The first-order chi connectivity index (χ1) is 14.8. The third kappa shape index (κ3) is 3.25. The largest absolute Gasteiger partial charge is 0.318 e. The van der Waals surface area contributed by atoms with Gasteiger partial charge in [0.25, 0.3) is 0 Å². The van der Waals surface area contributed by atoms with Gasteiger partial charge in [-0.25, -0.2) is 28.1 Å². The van der Waals surface area contributed by atoms with Crippen LogP contribution < -0.4 is 4.72 Å². The zero-order chi connectivity index (χ0) is 21.8. The Labute approximate surface area is 179 Å². The van der Waals surface area contributed by atoms with Crippen molar-refractivity contribution in [3.05, 3.63) is 35.8 Å². The number of sulfonamides is 1. The van der Waals surface area contributed by atoms with Crippen LogP contribution in [0.2, 0.25) is 0 Å². The average molecular weight is 433 g/mol. The van der Waals surface area contributed by atoms with Gasteiger partial charge in [-0.1, -0.05) is 0 Å². The van der Waals surface area contributed by atoms with Crippen molar-refractivity contribution in [2.75, 3.05) is 0 Å². The maximum Gasteiger partial charge on any atom is 0.244 e. The Morgan fingerprint density at radius 3 is 2.39 bits per heavy atom. The number of nitriles is 2. The molecule has 3 heterocycles. The van der Waals surface area contributed by atoms with Gasteiger partial charge in [0, 0.05) is 23.2 Å². The molecule has 0 unspecified atom stereocenters. The normalized spacial score (nSPS) is 17.6. The van der Waals surface area contributed by atoms with Crippen molar-refractivity contribution in [2.45, 2.75) is 55.5 Å². The number of nitrogens with one attached hydrogen (secondary N) is 1. The lowest BCUT2D eigenvalue weighted by Gasteiger charge is -2.29. The molecule has 2 aliphatic rings. The molecule has 0 atom stereocenters. The minimum atomic E-state index is -3.72. The molecule has 5 rings (SSSR count). The molecule has 0 amide bonds. The van der Waals surface area contributed by atoms with Crippen LogP contribution in [-0.2, 0) is 10.0 Å². The molecule has 0 aliphatic heterocycles. The summed E-state index contributed by atoms with van der Waals surface area (Å²) in [6, 6.07) is 6.08. The number of hydrogen-bond donors (Lipinski definition) is 1. The maximum absolute atomic E-state index is 12.6. The van der Waals surface area contributed by atoms with Crippen molar-refractivity contribution >= 4 is 21.1 Å². The molecule has 1 N–H and O–H groups in total. The van der Waals surface area contributed by atoms with E-state index in [-0.39, 0.29) is 16.8 Å². The van der Waals surface area contributed by atoms with Crippen LogP contribution in [0, 0.1) is 22.7 Å². The Balaban J connectivity index is 1.64. The van der Waals surface area contributed by atoms with E-state index in [1.165, 1.54) is 18.6 Å². The van der Waals surface area contributed by atoms with Crippen LogP contribution in [0.4, 0.5) is 0 Å². The summed E-state index contributed by atoms with van der Waals surface area (Å²) in [7, 11) is -3.72. The smallest absolute Gasteiger partial charge is 0.244 e. The molecule has 10 heteroatoms. The highest BCUT2D eigenvalue weighted by Gasteiger charge is 2.41. The van der Waals surface area contributed by atoms with Gasteiger partial charge in [0.2, 0.25) is 10.0 Å². The van der Waals surface area contributed by atoms with E-state index in [9.17, 15) is 18.9 Å². The second-order valence-corrected chi connectivity index (χ2v) is 10.1. The van der Waals surface area contributed by atoms with Gasteiger partial charge in [0.15, 0.2) is 5.82 Å². The van der Waals surface area contributed by atoms with Crippen LogP contribution in [0.5, 0.6) is 0 Å². The lowest BCUT2D eigenvalue weighted by molar-refractivity contribution is 0.322. The number of aromatic nitrogens is 4. The second kappa shape index (κ2) is 6.84. The molecule has 0 bridgehead atoms. The van der Waals surface area contributed by atoms with Gasteiger partial charge in [-0.15, -0.1) is 0 Å². The van der Waals surface area contributed by atoms with Crippen molar-refractivity contribution in [2.24, 2.45) is 0 Å². The van der Waals surface area contributed by atoms with Crippen molar-refractivity contribution in [1.29, 1.82) is 10.5 Å². The highest BCUT2D eigenvalue weighted by molar-refractivity contribution is 7.89. The predicted molar refractivity (Wildman–Crippen MR) is 111 cm³/mol. The van der Waals surface area contributed by atoms with Gasteiger partial charge in [-0.3, -0.25) is 0 Å². The minimum absolute atomic E-state index is 0.0147. The molecule has 9 nitrogen and oxygen atoms in total. The van der Waals surface area contributed by atoms with E-state index < -0.39 is 15.6 Å². The van der Waals surface area contributed by atoms with Crippen molar-refractivity contribution in [1.82, 2.24) is 24.2 Å². The SMILES string of the molecule is CC1(NS(=O)(=O)c2cnc(-c3c(C#N)c4cc(C#N)cnc4n3C3CCC3)nc2)CC1. The van der Waals surface area contributed by atoms with Crippen molar-refractivity contribution in [3.63, 3.8) is 0 Å². The Morgan fingerprint density at radius 2 is 1.84 bits per heavy atom. The molecule has 0 saturated heterocycles. The number of pyridine rings is 1. The van der Waals surface area contributed by atoms with E-state index in [2.05, 4.69) is 31.8 Å². The van der Waals surface area contributed by atoms with Crippen LogP contribution in [0.1, 0.15) is 56.2 Å². The van der Waals surface area contributed by atoms with Crippen LogP contribution >= 0.6 is 0 Å². The van der Waals surface area contributed by atoms with E-state index in [1.54, 1.807) is 6.07 Å². The summed E-state index contributed by atoms with van der Waals surface area (Å²) in [5.41, 5.74) is 1.43. The summed E-state index contributed by atoms with van der Waals surface area (Å²) < 4.78 is 29.9. The third-order valence-corrected chi connectivity index (χ3v) is 7.65. The second-order valence-electron chi connectivity index (χ2n) is 8.41. The van der Waals surface area contributed by atoms with Crippen LogP contribution in [-0.4, -0.2) is 33.5 Å². The van der Waals surface area contributed by atoms with Crippen LogP contribution in [0.3, 0.4) is 0 Å². The standard InChI is InChI=1S/C21H19N7O2S/c1-21(5-6-21)27-31(29,30)15-11-24-19(25-12-15)18-17(9-23)16-7-13(8-22)10-26-20(16)28(18)14-3-2-4-14/h7,10-12,14,27H,2-6H2,1H3. The maximum atomic E-state index is 12.6. The van der Waals surface area contributed by atoms with E-state index >= 15 is 0 Å². The topological polar surface area (TPSA) is 137 Å². The number of fused-ring (bicyclic) bond motifs is 1. The third-order valence-electron chi connectivity index (χ3n) is 6.05. The molecular weight excluding hydrogens is 414 g/mol. The van der Waals surface area contributed by atoms with Gasteiger partial charge in [0.05, 0.1) is 23.5 Å². The first-order valence-electron chi connectivity index (χ1n) is 10.1. The van der Waals surface area contributed by atoms with Crippen LogP contribution in [0.15, 0.2) is 29.6 Å². The fraction of sp³-hybridized carbons (Fsp3) is 0.381. The van der Waals surface area contributed by atoms with Crippen molar-refractivity contribution in [3.8, 4) is 23.7 Å². The molecule has 3 aromatic rings. The average Bonchev–Trinajstić information content (AvgIpc) is 3.35. The first-order valence-corrected chi connectivity index (χ1v) is 11.5. The highest BCUT2D eigenvalue weighted by Crippen LogP contribution is 2.41. The summed E-state index contributed by atoms with van der Waals surface area (Å²) in [5, 5.41) is 19.7. The summed E-state index contributed by atoms with van der Waals surface area (Å²) in [5.74, 6) is 0.261. The molecule has 156 valence electrons. The van der Waals surface area contributed by atoms with Gasteiger partial charge >= 0.3 is 0 Å². The lowest BCUT2D eigenvalue weighted by Crippen LogP contribution is -2.34. The summed E-state index contributed by atoms with van der Waals surface area (Å²) in [4.78, 5) is 13.1. The fourth-order valence-electron chi connectivity index (χ4n) is 3.83. The summed E-state index contributed by atoms with van der Waals surface area (Å²) >= 11 is 0. The van der Waals surface area contributed by atoms with E-state index in [0.29, 0.717) is 27.9 Å². The highest BCUT2D eigenvalue weighted by atomic mass is 32.2. The zero-order valence-corrected chi connectivity index (χ0v) is 17.6. The molecule has 31 heavy (non-hydrogen) atoms. The van der Waals surface area contributed by atoms with Crippen LogP contribution in [0.25, 0.3) is 22.6 Å². The molecule has 3 aromatic heterocycles. The monoisotopic (exact) mass is 433 g/mol. The summed E-state index contributed by atoms with van der Waals surface area (Å²) in [6.07, 6.45) is 8.60. The van der Waals surface area contributed by atoms with E-state index in [0.717, 1.165) is 32.1 Å². The van der Waals surface area contributed by atoms with Crippen molar-refractivity contribution < 1.29 is 8.42 Å². The quantitative estimate of drug-likeness (QED) is 0.653. The van der Waals surface area contributed by atoms with Gasteiger partial charge in [-0.2, -0.15) is 10.5 Å². The molecule has 2 aliphatic carbocycles. The molecule has 0 radical (unpaired) electrons. The Morgan fingerprint density at radius 1 is 1.13 bits per heavy atom. The number of nitrogens with zero attached hydrogens (tertiary/aromatic N) is 6. The first kappa shape index (κ1) is 19.6.